The van der Waals surface area contributed by atoms with Gasteiger partial charge in [0.15, 0.2) is 11.5 Å². The molecule has 1 aliphatic rings. The molecule has 0 saturated carbocycles. The van der Waals surface area contributed by atoms with E-state index in [4.69, 9.17) is 37.4 Å². The monoisotopic (exact) mass is 537 g/mol. The highest BCUT2D eigenvalue weighted by Gasteiger charge is 2.25. The van der Waals surface area contributed by atoms with Crippen molar-refractivity contribution in [2.75, 3.05) is 46.3 Å². The van der Waals surface area contributed by atoms with Crippen LogP contribution in [0.1, 0.15) is 32.3 Å². The van der Waals surface area contributed by atoms with Crippen molar-refractivity contribution in [1.82, 2.24) is 10.2 Å². The van der Waals surface area contributed by atoms with Crippen molar-refractivity contribution < 1.29 is 19.0 Å². The van der Waals surface area contributed by atoms with E-state index in [-0.39, 0.29) is 18.0 Å². The maximum Gasteiger partial charge on any atom is 0.319 e. The van der Waals surface area contributed by atoms with E-state index in [9.17, 15) is 4.79 Å². The molecule has 2 N–H and O–H groups in total. The first kappa shape index (κ1) is 28.2. The van der Waals surface area contributed by atoms with Gasteiger partial charge in [-0.25, -0.2) is 4.79 Å². The van der Waals surface area contributed by atoms with Crippen LogP contribution in [-0.4, -0.2) is 57.9 Å². The number of benzene rings is 2. The summed E-state index contributed by atoms with van der Waals surface area (Å²) in [5.41, 5.74) is 1.79. The Hall–Kier alpha value is -2.35. The molecule has 1 saturated heterocycles. The van der Waals surface area contributed by atoms with E-state index >= 15 is 0 Å². The zero-order chi connectivity index (χ0) is 26.2. The van der Waals surface area contributed by atoms with Crippen molar-refractivity contribution in [3.8, 4) is 17.2 Å². The number of likely N-dealkylation sites (tertiary alicyclic amines) is 1. The molecule has 7 nitrogen and oxygen atoms in total. The van der Waals surface area contributed by atoms with Crippen LogP contribution in [0.2, 0.25) is 10.0 Å². The largest absolute Gasteiger partial charge is 0.493 e. The van der Waals surface area contributed by atoms with Gasteiger partial charge in [-0.2, -0.15) is 0 Å². The Bertz CT molecular complexity index is 1000. The van der Waals surface area contributed by atoms with Gasteiger partial charge >= 0.3 is 6.03 Å². The molecule has 2 aromatic carbocycles. The summed E-state index contributed by atoms with van der Waals surface area (Å²) in [5, 5.41) is 7.26. The van der Waals surface area contributed by atoms with E-state index in [0.29, 0.717) is 38.9 Å². The number of carbonyl (C=O) groups excluding carboxylic acids is 1. The number of hydrogen-bond donors (Lipinski definition) is 2. The Morgan fingerprint density at radius 1 is 1.00 bits per heavy atom. The number of amides is 2. The molecule has 0 spiro atoms. The summed E-state index contributed by atoms with van der Waals surface area (Å²) in [7, 11) is 4.64. The number of piperidine rings is 1. The lowest BCUT2D eigenvalue weighted by Crippen LogP contribution is -2.49. The summed E-state index contributed by atoms with van der Waals surface area (Å²) in [6, 6.07) is 9.08. The first-order chi connectivity index (χ1) is 17.2. The number of carbonyl (C=O) groups is 1. The Morgan fingerprint density at radius 3 is 2.17 bits per heavy atom. The molecule has 0 unspecified atom stereocenters. The minimum absolute atomic E-state index is 0.0126. The van der Waals surface area contributed by atoms with E-state index in [0.717, 1.165) is 38.9 Å². The average Bonchev–Trinajstić information content (AvgIpc) is 2.86. The Labute approximate surface area is 224 Å². The van der Waals surface area contributed by atoms with Crippen LogP contribution < -0.4 is 24.8 Å². The van der Waals surface area contributed by atoms with Crippen LogP contribution in [0.25, 0.3) is 0 Å². The summed E-state index contributed by atoms with van der Waals surface area (Å²) in [5.74, 6) is 2.35. The molecule has 2 aromatic rings. The Morgan fingerprint density at radius 2 is 1.64 bits per heavy atom. The average molecular weight is 539 g/mol. The van der Waals surface area contributed by atoms with E-state index in [2.05, 4.69) is 35.4 Å². The molecule has 0 aliphatic carbocycles. The number of hydrogen-bond acceptors (Lipinski definition) is 5. The van der Waals surface area contributed by atoms with E-state index in [1.165, 1.54) is 5.56 Å². The van der Waals surface area contributed by atoms with Gasteiger partial charge < -0.3 is 29.7 Å². The highest BCUT2D eigenvalue weighted by Crippen LogP contribution is 2.40. The Kier molecular flexibility index (Phi) is 10.4. The Balaban J connectivity index is 1.53. The number of nitrogens with one attached hydrogen (secondary N) is 2. The highest BCUT2D eigenvalue weighted by molar-refractivity contribution is 6.42. The van der Waals surface area contributed by atoms with Gasteiger partial charge in [-0.15, -0.1) is 0 Å². The number of rotatable bonds is 10. The van der Waals surface area contributed by atoms with Crippen LogP contribution in [0, 0.1) is 11.8 Å². The first-order valence-corrected chi connectivity index (χ1v) is 13.0. The lowest BCUT2D eigenvalue weighted by molar-refractivity contribution is 0.157. The van der Waals surface area contributed by atoms with Crippen molar-refractivity contribution in [1.29, 1.82) is 0 Å². The molecule has 198 valence electrons. The summed E-state index contributed by atoms with van der Waals surface area (Å²) < 4.78 is 16.1. The molecule has 9 heteroatoms. The molecule has 3 rings (SSSR count). The second-order valence-corrected chi connectivity index (χ2v) is 10.4. The predicted molar refractivity (Wildman–Crippen MR) is 146 cm³/mol. The van der Waals surface area contributed by atoms with Crippen LogP contribution in [0.4, 0.5) is 10.5 Å². The summed E-state index contributed by atoms with van der Waals surface area (Å²) >= 11 is 12.2. The van der Waals surface area contributed by atoms with Crippen molar-refractivity contribution in [2.45, 2.75) is 39.2 Å². The van der Waals surface area contributed by atoms with E-state index < -0.39 is 0 Å². The molecular formula is C27H37Cl2N3O4. The fourth-order valence-electron chi connectivity index (χ4n) is 4.56. The fourth-order valence-corrected chi connectivity index (χ4v) is 4.88. The normalized spacial score (nSPS) is 15.4. The molecule has 1 heterocycles. The van der Waals surface area contributed by atoms with E-state index in [1.54, 1.807) is 33.5 Å². The third kappa shape index (κ3) is 7.58. The SMILES string of the molecule is COc1cc(NC(=O)N[C@@H](CN2CCC(Cc3ccc(Cl)c(Cl)c3)CC2)C(C)C)cc(OC)c1OC. The molecule has 1 atom stereocenters. The third-order valence-corrected chi connectivity index (χ3v) is 7.45. The minimum Gasteiger partial charge on any atom is -0.493 e. The van der Waals surface area contributed by atoms with Gasteiger partial charge in [-0.05, 0) is 61.9 Å². The fraction of sp³-hybridized carbons (Fsp3) is 0.519. The van der Waals surface area contributed by atoms with Gasteiger partial charge in [-0.1, -0.05) is 43.1 Å². The van der Waals surface area contributed by atoms with Crippen molar-refractivity contribution in [3.05, 3.63) is 45.9 Å². The molecule has 0 bridgehead atoms. The summed E-state index contributed by atoms with van der Waals surface area (Å²) in [6.45, 7) is 7.07. The van der Waals surface area contributed by atoms with Gasteiger partial charge in [0.1, 0.15) is 0 Å². The van der Waals surface area contributed by atoms with E-state index in [1.807, 2.05) is 12.1 Å². The summed E-state index contributed by atoms with van der Waals surface area (Å²) in [4.78, 5) is 15.3. The number of urea groups is 1. The second-order valence-electron chi connectivity index (χ2n) is 9.56. The lowest BCUT2D eigenvalue weighted by atomic mass is 9.89. The quantitative estimate of drug-likeness (QED) is 0.382. The maximum atomic E-state index is 12.9. The molecule has 36 heavy (non-hydrogen) atoms. The van der Waals surface area contributed by atoms with Gasteiger partial charge in [-0.3, -0.25) is 0 Å². The molecule has 1 aliphatic heterocycles. The molecule has 2 amide bonds. The zero-order valence-electron chi connectivity index (χ0n) is 21.7. The van der Waals surface area contributed by atoms with Crippen LogP contribution in [-0.2, 0) is 6.42 Å². The minimum atomic E-state index is -0.266. The molecule has 0 radical (unpaired) electrons. The predicted octanol–water partition coefficient (Wildman–Crippen LogP) is 6.12. The topological polar surface area (TPSA) is 72.1 Å². The number of halogens is 2. The van der Waals surface area contributed by atoms with Crippen molar-refractivity contribution in [3.63, 3.8) is 0 Å². The number of nitrogens with zero attached hydrogens (tertiary/aromatic N) is 1. The molecule has 1 fully saturated rings. The molecular weight excluding hydrogens is 501 g/mol. The third-order valence-electron chi connectivity index (χ3n) is 6.71. The smallest absolute Gasteiger partial charge is 0.319 e. The van der Waals surface area contributed by atoms with Gasteiger partial charge in [0.25, 0.3) is 0 Å². The lowest BCUT2D eigenvalue weighted by Gasteiger charge is -2.35. The van der Waals surface area contributed by atoms with Crippen LogP contribution in [0.15, 0.2) is 30.3 Å². The highest BCUT2D eigenvalue weighted by atomic mass is 35.5. The second kappa shape index (κ2) is 13.3. The van der Waals surface area contributed by atoms with Gasteiger partial charge in [0, 0.05) is 24.7 Å². The first-order valence-electron chi connectivity index (χ1n) is 12.3. The number of anilines is 1. The standard InChI is InChI=1S/C27H37Cl2N3O4/c1-17(2)23(31-27(33)30-20-14-24(34-3)26(36-5)25(15-20)35-4)16-32-10-8-18(9-11-32)12-19-6-7-21(28)22(29)13-19/h6-7,13-15,17-18,23H,8-12,16H2,1-5H3,(H2,30,31,33)/t23-/m0/s1. The van der Waals surface area contributed by atoms with Gasteiger partial charge in [0.2, 0.25) is 5.75 Å². The van der Waals surface area contributed by atoms with Crippen LogP contribution in [0.3, 0.4) is 0 Å². The summed E-state index contributed by atoms with van der Waals surface area (Å²) in [6.07, 6.45) is 3.24. The van der Waals surface area contributed by atoms with Crippen molar-refractivity contribution >= 4 is 34.9 Å². The zero-order valence-corrected chi connectivity index (χ0v) is 23.2. The van der Waals surface area contributed by atoms with Crippen LogP contribution >= 0.6 is 23.2 Å². The van der Waals surface area contributed by atoms with Crippen molar-refractivity contribution in [2.24, 2.45) is 11.8 Å². The number of ether oxygens (including phenoxy) is 3. The van der Waals surface area contributed by atoms with Crippen LogP contribution in [0.5, 0.6) is 17.2 Å². The maximum absolute atomic E-state index is 12.9. The number of methoxy groups -OCH3 is 3. The van der Waals surface area contributed by atoms with Gasteiger partial charge in [0.05, 0.1) is 37.1 Å². The molecule has 0 aromatic heterocycles.